The van der Waals surface area contributed by atoms with Gasteiger partial charge in [-0.1, -0.05) is 0 Å². The second-order valence-corrected chi connectivity index (χ2v) is 10.8. The Hall–Kier alpha value is -3.47. The summed E-state index contributed by atoms with van der Waals surface area (Å²) in [6.07, 6.45) is 7.21. The quantitative estimate of drug-likeness (QED) is 0.263. The number of nitrogens with zero attached hydrogens (tertiary/aromatic N) is 3. The predicted molar refractivity (Wildman–Crippen MR) is 141 cm³/mol. The average molecular weight is 533 g/mol. The van der Waals surface area contributed by atoms with Crippen LogP contribution < -0.4 is 25.4 Å². The molecule has 0 spiro atoms. The van der Waals surface area contributed by atoms with Crippen LogP contribution >= 0.6 is 0 Å². The molecule has 0 amide bonds. The Bertz CT molecular complexity index is 1190. The molecule has 1 saturated heterocycles. The lowest BCUT2D eigenvalue weighted by molar-refractivity contribution is -0.0514. The molecule has 3 heterocycles. The molecule has 1 fully saturated rings. The Labute approximate surface area is 221 Å². The second kappa shape index (κ2) is 11.5. The lowest BCUT2D eigenvalue weighted by atomic mass is 9.79. The van der Waals surface area contributed by atoms with E-state index in [1.54, 1.807) is 6.07 Å². The molecule has 1 aromatic carbocycles. The SMILES string of the molecule is CC1(C)CC(Nc2nc(Nc3ccc(OCCCn4cccc4)c(OC(F)F)c3)ncc2F)CC(C)(C)N1. The second-order valence-electron chi connectivity index (χ2n) is 10.8. The van der Waals surface area contributed by atoms with Gasteiger partial charge >= 0.3 is 6.61 Å². The normalized spacial score (nSPS) is 16.8. The third-order valence-corrected chi connectivity index (χ3v) is 6.18. The van der Waals surface area contributed by atoms with Crippen LogP contribution in [0.1, 0.15) is 47.0 Å². The van der Waals surface area contributed by atoms with Gasteiger partial charge in [0.15, 0.2) is 23.1 Å². The molecule has 0 radical (unpaired) electrons. The third-order valence-electron chi connectivity index (χ3n) is 6.18. The number of halogens is 3. The first-order valence-electron chi connectivity index (χ1n) is 12.7. The van der Waals surface area contributed by atoms with Crippen molar-refractivity contribution in [3.8, 4) is 11.5 Å². The van der Waals surface area contributed by atoms with Gasteiger partial charge in [-0.25, -0.2) is 9.37 Å². The van der Waals surface area contributed by atoms with Crippen LogP contribution in [0.2, 0.25) is 0 Å². The van der Waals surface area contributed by atoms with Crippen LogP contribution in [0.4, 0.5) is 30.6 Å². The first kappa shape index (κ1) is 27.6. The molecule has 38 heavy (non-hydrogen) atoms. The number of hydrogen-bond acceptors (Lipinski definition) is 7. The Morgan fingerprint density at radius 2 is 1.82 bits per heavy atom. The fourth-order valence-corrected chi connectivity index (χ4v) is 5.12. The lowest BCUT2D eigenvalue weighted by Crippen LogP contribution is -2.60. The summed E-state index contributed by atoms with van der Waals surface area (Å²) < 4.78 is 53.1. The van der Waals surface area contributed by atoms with Gasteiger partial charge in [0.1, 0.15) is 0 Å². The van der Waals surface area contributed by atoms with E-state index in [0.717, 1.165) is 25.6 Å². The monoisotopic (exact) mass is 532 g/mol. The minimum Gasteiger partial charge on any atom is -0.490 e. The molecule has 11 heteroatoms. The van der Waals surface area contributed by atoms with Gasteiger partial charge < -0.3 is 30.0 Å². The molecule has 4 rings (SSSR count). The molecule has 0 aliphatic carbocycles. The first-order valence-corrected chi connectivity index (χ1v) is 12.7. The highest BCUT2D eigenvalue weighted by atomic mass is 19.3. The highest BCUT2D eigenvalue weighted by Crippen LogP contribution is 2.34. The van der Waals surface area contributed by atoms with E-state index >= 15 is 0 Å². The highest BCUT2D eigenvalue weighted by molar-refractivity contribution is 5.60. The summed E-state index contributed by atoms with van der Waals surface area (Å²) in [4.78, 5) is 8.31. The minimum atomic E-state index is -3.02. The maximum absolute atomic E-state index is 14.6. The Balaban J connectivity index is 1.43. The van der Waals surface area contributed by atoms with Gasteiger partial charge in [-0.2, -0.15) is 13.8 Å². The zero-order valence-electron chi connectivity index (χ0n) is 22.1. The van der Waals surface area contributed by atoms with Gasteiger partial charge in [0.2, 0.25) is 5.95 Å². The number of ether oxygens (including phenoxy) is 2. The van der Waals surface area contributed by atoms with Crippen LogP contribution in [0.5, 0.6) is 11.5 Å². The molecule has 2 aromatic heterocycles. The fraction of sp³-hybridized carbons (Fsp3) is 0.481. The molecule has 0 saturated carbocycles. The summed E-state index contributed by atoms with van der Waals surface area (Å²) >= 11 is 0. The van der Waals surface area contributed by atoms with Crippen molar-refractivity contribution in [2.45, 2.75) is 77.2 Å². The van der Waals surface area contributed by atoms with E-state index in [-0.39, 0.29) is 40.4 Å². The van der Waals surface area contributed by atoms with Crippen molar-refractivity contribution in [3.63, 3.8) is 0 Å². The molecule has 206 valence electrons. The number of aromatic nitrogens is 3. The van der Waals surface area contributed by atoms with Crippen LogP contribution in [0.15, 0.2) is 48.9 Å². The number of piperidine rings is 1. The van der Waals surface area contributed by atoms with Gasteiger partial charge in [0.25, 0.3) is 0 Å². The van der Waals surface area contributed by atoms with E-state index in [4.69, 9.17) is 4.74 Å². The van der Waals surface area contributed by atoms with Crippen LogP contribution in [-0.2, 0) is 6.54 Å². The van der Waals surface area contributed by atoms with Crippen molar-refractivity contribution < 1.29 is 22.6 Å². The average Bonchev–Trinajstić information content (AvgIpc) is 3.31. The summed E-state index contributed by atoms with van der Waals surface area (Å²) in [5.74, 6) is -0.306. The van der Waals surface area contributed by atoms with Gasteiger partial charge in [-0.15, -0.1) is 0 Å². The zero-order valence-corrected chi connectivity index (χ0v) is 22.1. The van der Waals surface area contributed by atoms with E-state index < -0.39 is 12.4 Å². The van der Waals surface area contributed by atoms with Crippen molar-refractivity contribution in [3.05, 3.63) is 54.7 Å². The van der Waals surface area contributed by atoms with Crippen molar-refractivity contribution in [1.82, 2.24) is 19.9 Å². The molecule has 1 aliphatic heterocycles. The minimum absolute atomic E-state index is 0.00140. The van der Waals surface area contributed by atoms with Crippen LogP contribution in [-0.4, -0.2) is 44.9 Å². The van der Waals surface area contributed by atoms with Crippen molar-refractivity contribution in [2.24, 2.45) is 0 Å². The standard InChI is InChI=1S/C27H35F3N6O2/c1-26(2)15-19(16-27(3,4)35-26)32-23-20(28)17-31-25(34-23)33-18-8-9-21(22(14-18)38-24(29)30)37-13-7-12-36-10-5-6-11-36/h5-6,8-11,14,17,19,24,35H,7,12-13,15-16H2,1-4H3,(H2,31,32,33,34). The number of aryl methyl sites for hydroxylation is 1. The first-order chi connectivity index (χ1) is 18.0. The summed E-state index contributed by atoms with van der Waals surface area (Å²) in [6.45, 7) is 6.49. The lowest BCUT2D eigenvalue weighted by Gasteiger charge is -2.46. The molecule has 0 bridgehead atoms. The van der Waals surface area contributed by atoms with E-state index in [1.165, 1.54) is 12.1 Å². The van der Waals surface area contributed by atoms with Gasteiger partial charge in [0.05, 0.1) is 12.8 Å². The summed E-state index contributed by atoms with van der Waals surface area (Å²) in [7, 11) is 0. The van der Waals surface area contributed by atoms with Crippen molar-refractivity contribution in [2.75, 3.05) is 17.2 Å². The van der Waals surface area contributed by atoms with Crippen LogP contribution in [0.25, 0.3) is 0 Å². The smallest absolute Gasteiger partial charge is 0.387 e. The number of rotatable bonds is 11. The van der Waals surface area contributed by atoms with Crippen molar-refractivity contribution >= 4 is 17.5 Å². The largest absolute Gasteiger partial charge is 0.490 e. The molecule has 0 unspecified atom stereocenters. The maximum atomic E-state index is 14.6. The number of alkyl halides is 2. The Morgan fingerprint density at radius 3 is 2.50 bits per heavy atom. The maximum Gasteiger partial charge on any atom is 0.387 e. The fourth-order valence-electron chi connectivity index (χ4n) is 5.12. The zero-order chi connectivity index (χ0) is 27.3. The highest BCUT2D eigenvalue weighted by Gasteiger charge is 2.38. The third kappa shape index (κ3) is 7.77. The van der Waals surface area contributed by atoms with Crippen molar-refractivity contribution in [1.29, 1.82) is 0 Å². The van der Waals surface area contributed by atoms with E-state index in [0.29, 0.717) is 18.7 Å². The molecule has 1 aliphatic rings. The van der Waals surface area contributed by atoms with E-state index in [9.17, 15) is 13.2 Å². The summed E-state index contributed by atoms with van der Waals surface area (Å²) in [6, 6.07) is 8.42. The van der Waals surface area contributed by atoms with E-state index in [2.05, 4.69) is 58.4 Å². The molecule has 0 atom stereocenters. The molecule has 8 nitrogen and oxygen atoms in total. The molecular formula is C27H35F3N6O2. The number of nitrogens with one attached hydrogen (secondary N) is 3. The Morgan fingerprint density at radius 1 is 1.11 bits per heavy atom. The van der Waals surface area contributed by atoms with Gasteiger partial charge in [0, 0.05) is 47.8 Å². The number of hydrogen-bond donors (Lipinski definition) is 3. The topological polar surface area (TPSA) is 85.3 Å². The van der Waals surface area contributed by atoms with Gasteiger partial charge in [-0.05, 0) is 71.2 Å². The van der Waals surface area contributed by atoms with Crippen LogP contribution in [0.3, 0.4) is 0 Å². The number of benzene rings is 1. The molecular weight excluding hydrogens is 497 g/mol. The van der Waals surface area contributed by atoms with E-state index in [1.807, 2.05) is 29.1 Å². The van der Waals surface area contributed by atoms with Gasteiger partial charge in [-0.3, -0.25) is 0 Å². The predicted octanol–water partition coefficient (Wildman–Crippen LogP) is 5.95. The Kier molecular flexibility index (Phi) is 8.35. The summed E-state index contributed by atoms with van der Waals surface area (Å²) in [5.41, 5.74) is 0.135. The van der Waals surface area contributed by atoms with Crippen LogP contribution in [0, 0.1) is 5.82 Å². The molecule has 3 aromatic rings. The summed E-state index contributed by atoms with van der Waals surface area (Å²) in [5, 5.41) is 9.76. The number of anilines is 3. The molecule has 3 N–H and O–H groups in total.